The fourth-order valence-corrected chi connectivity index (χ4v) is 2.14. The van der Waals surface area contributed by atoms with Crippen LogP contribution in [0.2, 0.25) is 0 Å². The molecule has 1 fully saturated rings. The number of carbonyl (C=O) groups excluding carboxylic acids is 1. The van der Waals surface area contributed by atoms with Crippen LogP contribution in [0.4, 0.5) is 4.79 Å². The summed E-state index contributed by atoms with van der Waals surface area (Å²) in [6.45, 7) is 4.92. The number of likely N-dealkylation sites (tertiary alicyclic amines) is 1. The standard InChI is InChI=1S/C11H21N3OS/c1-2-6-14(9-10(12)16)11(15)13-7-4-3-5-8-13/h2-9H2,1H3,(H2,12,16). The highest BCUT2D eigenvalue weighted by atomic mass is 32.1. The van der Waals surface area contributed by atoms with Crippen molar-refractivity contribution in [3.8, 4) is 0 Å². The van der Waals surface area contributed by atoms with E-state index in [4.69, 9.17) is 18.0 Å². The van der Waals surface area contributed by atoms with E-state index in [1.165, 1.54) is 6.42 Å². The number of hydrogen-bond donors (Lipinski definition) is 1. The van der Waals surface area contributed by atoms with Crippen molar-refractivity contribution in [1.29, 1.82) is 0 Å². The molecule has 2 N–H and O–H groups in total. The van der Waals surface area contributed by atoms with Gasteiger partial charge in [0.25, 0.3) is 0 Å². The number of hydrogen-bond acceptors (Lipinski definition) is 2. The lowest BCUT2D eigenvalue weighted by molar-refractivity contribution is 0.149. The van der Waals surface area contributed by atoms with Gasteiger partial charge in [-0.15, -0.1) is 0 Å². The Kier molecular flexibility index (Phi) is 5.52. The van der Waals surface area contributed by atoms with Crippen LogP contribution in [0.5, 0.6) is 0 Å². The summed E-state index contributed by atoms with van der Waals surface area (Å²) >= 11 is 4.87. The molecule has 0 atom stereocenters. The van der Waals surface area contributed by atoms with Gasteiger partial charge in [0.05, 0.1) is 11.5 Å². The molecule has 16 heavy (non-hydrogen) atoms. The lowest BCUT2D eigenvalue weighted by atomic mass is 10.1. The first-order valence-corrected chi connectivity index (χ1v) is 6.38. The molecule has 1 heterocycles. The molecule has 1 aliphatic heterocycles. The highest BCUT2D eigenvalue weighted by molar-refractivity contribution is 7.80. The van der Waals surface area contributed by atoms with Crippen LogP contribution in [-0.2, 0) is 0 Å². The fraction of sp³-hybridized carbons (Fsp3) is 0.818. The van der Waals surface area contributed by atoms with Crippen molar-refractivity contribution in [3.63, 3.8) is 0 Å². The monoisotopic (exact) mass is 243 g/mol. The van der Waals surface area contributed by atoms with Gasteiger partial charge in [0, 0.05) is 19.6 Å². The zero-order chi connectivity index (χ0) is 12.0. The first-order chi connectivity index (χ1) is 7.65. The van der Waals surface area contributed by atoms with Crippen molar-refractivity contribution in [2.75, 3.05) is 26.2 Å². The zero-order valence-corrected chi connectivity index (χ0v) is 10.8. The summed E-state index contributed by atoms with van der Waals surface area (Å²) in [7, 11) is 0. The molecule has 0 aromatic heterocycles. The molecule has 2 amide bonds. The van der Waals surface area contributed by atoms with Crippen molar-refractivity contribution in [3.05, 3.63) is 0 Å². The Bertz CT molecular complexity index is 252. The van der Waals surface area contributed by atoms with Crippen molar-refractivity contribution >= 4 is 23.2 Å². The van der Waals surface area contributed by atoms with E-state index in [1.807, 2.05) is 4.90 Å². The molecule has 0 aromatic rings. The van der Waals surface area contributed by atoms with Crippen LogP contribution in [-0.4, -0.2) is 47.0 Å². The van der Waals surface area contributed by atoms with Gasteiger partial charge in [0.2, 0.25) is 0 Å². The number of piperidine rings is 1. The van der Waals surface area contributed by atoms with E-state index >= 15 is 0 Å². The Balaban J connectivity index is 2.54. The maximum absolute atomic E-state index is 12.2. The van der Waals surface area contributed by atoms with Gasteiger partial charge >= 0.3 is 6.03 Å². The molecule has 1 aliphatic rings. The third kappa shape index (κ3) is 3.96. The number of rotatable bonds is 4. The molecular formula is C11H21N3OS. The second-order valence-electron chi connectivity index (χ2n) is 4.22. The second kappa shape index (κ2) is 6.68. The number of nitrogens with two attached hydrogens (primary N) is 1. The van der Waals surface area contributed by atoms with Gasteiger partial charge in [-0.1, -0.05) is 19.1 Å². The molecule has 1 saturated heterocycles. The van der Waals surface area contributed by atoms with E-state index in [1.54, 1.807) is 4.90 Å². The summed E-state index contributed by atoms with van der Waals surface area (Å²) in [5.41, 5.74) is 5.51. The first-order valence-electron chi connectivity index (χ1n) is 5.97. The molecule has 0 aromatic carbocycles. The molecule has 0 bridgehead atoms. The van der Waals surface area contributed by atoms with Crippen LogP contribution in [0.3, 0.4) is 0 Å². The molecule has 0 radical (unpaired) electrons. The van der Waals surface area contributed by atoms with E-state index in [-0.39, 0.29) is 6.03 Å². The maximum Gasteiger partial charge on any atom is 0.320 e. The lowest BCUT2D eigenvalue weighted by Crippen LogP contribution is -2.48. The van der Waals surface area contributed by atoms with Crippen molar-refractivity contribution < 1.29 is 4.79 Å². The van der Waals surface area contributed by atoms with Gasteiger partial charge < -0.3 is 15.5 Å². The SMILES string of the molecule is CCCN(CC(N)=S)C(=O)N1CCCCC1. The van der Waals surface area contributed by atoms with Crippen LogP contribution in [0, 0.1) is 0 Å². The summed E-state index contributed by atoms with van der Waals surface area (Å²) < 4.78 is 0. The summed E-state index contributed by atoms with van der Waals surface area (Å²) in [6, 6.07) is 0.0920. The quantitative estimate of drug-likeness (QED) is 0.763. The van der Waals surface area contributed by atoms with Crippen molar-refractivity contribution in [1.82, 2.24) is 9.80 Å². The van der Waals surface area contributed by atoms with Crippen LogP contribution >= 0.6 is 12.2 Å². The molecule has 0 saturated carbocycles. The number of thiocarbonyl (C=S) groups is 1. The molecule has 0 aliphatic carbocycles. The maximum atomic E-state index is 12.2. The van der Waals surface area contributed by atoms with Gasteiger partial charge in [-0.05, 0) is 25.7 Å². The van der Waals surface area contributed by atoms with E-state index in [2.05, 4.69) is 6.92 Å². The Morgan fingerprint density at radius 1 is 1.38 bits per heavy atom. The third-order valence-electron chi connectivity index (χ3n) is 2.74. The van der Waals surface area contributed by atoms with E-state index in [0.717, 1.165) is 38.9 Å². The third-order valence-corrected chi connectivity index (χ3v) is 2.87. The van der Waals surface area contributed by atoms with Gasteiger partial charge in [0.1, 0.15) is 0 Å². The van der Waals surface area contributed by atoms with Crippen molar-refractivity contribution in [2.24, 2.45) is 5.73 Å². The molecule has 1 rings (SSSR count). The molecule has 0 spiro atoms. The molecular weight excluding hydrogens is 222 g/mol. The predicted octanol–water partition coefficient (Wildman–Crippen LogP) is 1.59. The highest BCUT2D eigenvalue weighted by Crippen LogP contribution is 2.11. The number of carbonyl (C=O) groups is 1. The van der Waals surface area contributed by atoms with E-state index < -0.39 is 0 Å². The zero-order valence-electron chi connectivity index (χ0n) is 9.95. The number of nitrogens with zero attached hydrogens (tertiary/aromatic N) is 2. The average molecular weight is 243 g/mol. The molecule has 0 unspecified atom stereocenters. The average Bonchev–Trinajstić information content (AvgIpc) is 2.28. The highest BCUT2D eigenvalue weighted by Gasteiger charge is 2.22. The van der Waals surface area contributed by atoms with E-state index in [9.17, 15) is 4.79 Å². The van der Waals surface area contributed by atoms with Crippen LogP contribution in [0.15, 0.2) is 0 Å². The Morgan fingerprint density at radius 3 is 2.50 bits per heavy atom. The Morgan fingerprint density at radius 2 is 2.00 bits per heavy atom. The number of amides is 2. The Labute approximate surface area is 103 Å². The molecule has 92 valence electrons. The minimum absolute atomic E-state index is 0.0920. The predicted molar refractivity (Wildman–Crippen MR) is 69.5 cm³/mol. The number of urea groups is 1. The molecule has 5 heteroatoms. The van der Waals surface area contributed by atoms with Crippen LogP contribution < -0.4 is 5.73 Å². The fourth-order valence-electron chi connectivity index (χ4n) is 1.99. The lowest BCUT2D eigenvalue weighted by Gasteiger charge is -2.32. The first kappa shape index (κ1) is 13.2. The van der Waals surface area contributed by atoms with Gasteiger partial charge in [-0.25, -0.2) is 4.79 Å². The molecule has 4 nitrogen and oxygen atoms in total. The summed E-state index contributed by atoms with van der Waals surface area (Å²) in [4.78, 5) is 16.2. The Hall–Kier alpha value is -0.840. The minimum Gasteiger partial charge on any atom is -0.392 e. The van der Waals surface area contributed by atoms with Crippen molar-refractivity contribution in [2.45, 2.75) is 32.6 Å². The summed E-state index contributed by atoms with van der Waals surface area (Å²) in [6.07, 6.45) is 4.38. The summed E-state index contributed by atoms with van der Waals surface area (Å²) in [5.74, 6) is 0. The van der Waals surface area contributed by atoms with E-state index in [0.29, 0.717) is 11.5 Å². The normalized spacial score (nSPS) is 15.9. The van der Waals surface area contributed by atoms with Gasteiger partial charge in [0.15, 0.2) is 0 Å². The second-order valence-corrected chi connectivity index (χ2v) is 4.74. The van der Waals surface area contributed by atoms with Crippen LogP contribution in [0.1, 0.15) is 32.6 Å². The largest absolute Gasteiger partial charge is 0.392 e. The smallest absolute Gasteiger partial charge is 0.320 e. The van der Waals surface area contributed by atoms with Gasteiger partial charge in [-0.3, -0.25) is 0 Å². The topological polar surface area (TPSA) is 49.6 Å². The van der Waals surface area contributed by atoms with Gasteiger partial charge in [-0.2, -0.15) is 0 Å². The summed E-state index contributed by atoms with van der Waals surface area (Å²) in [5, 5.41) is 0. The van der Waals surface area contributed by atoms with Crippen LogP contribution in [0.25, 0.3) is 0 Å². The minimum atomic E-state index is 0.0920.